The molecule has 0 amide bonds. The summed E-state index contributed by atoms with van der Waals surface area (Å²) in [7, 11) is 0. The molecule has 12 aromatic carbocycles. The number of fused-ring (bicyclic) bond motifs is 6. The fourth-order valence-corrected chi connectivity index (χ4v) is 12.0. The molecule has 352 valence electrons. The average molecular weight is 956 g/mol. The molecule has 0 unspecified atom stereocenters. The Bertz CT molecular complexity index is 4160. The van der Waals surface area contributed by atoms with E-state index >= 15 is 0 Å². The van der Waals surface area contributed by atoms with E-state index in [9.17, 15) is 0 Å². The fourth-order valence-electron chi connectivity index (χ4n) is 12.0. The van der Waals surface area contributed by atoms with Crippen molar-refractivity contribution in [3.8, 4) is 66.8 Å². The monoisotopic (exact) mass is 955 g/mol. The molecule has 1 aliphatic rings. The highest BCUT2D eigenvalue weighted by molar-refractivity contribution is 6.06. The summed E-state index contributed by atoms with van der Waals surface area (Å²) in [6, 6.07) is 108. The lowest BCUT2D eigenvalue weighted by Gasteiger charge is -2.34. The Morgan fingerprint density at radius 1 is 0.267 bits per heavy atom. The molecule has 0 N–H and O–H groups in total. The molecule has 1 heterocycles. The standard InChI is InChI=1S/C73H49NO/c1-5-20-50(21-6-1)54-40-46-60(66(48-54)52-22-7-2-8-23-52)53-38-44-59(45-39-53)74(58-42-36-51(37-43-58)55-41-47-63-62-29-15-18-35-70(62)75-71(63)49-55)69-34-17-14-28-61(69)64-31-19-33-68-72(64)65-30-13-16-32-67(65)73(68,56-24-9-3-10-25-56)57-26-11-4-12-27-57/h1-49H. The van der Waals surface area contributed by atoms with Crippen molar-refractivity contribution in [1.29, 1.82) is 0 Å². The molecule has 0 fully saturated rings. The van der Waals surface area contributed by atoms with Gasteiger partial charge in [0.25, 0.3) is 0 Å². The number of hydrogen-bond donors (Lipinski definition) is 0. The Hall–Kier alpha value is -9.76. The molecule has 0 radical (unpaired) electrons. The van der Waals surface area contributed by atoms with Crippen LogP contribution >= 0.6 is 0 Å². The average Bonchev–Trinajstić information content (AvgIpc) is 4.09. The first-order valence-corrected chi connectivity index (χ1v) is 25.8. The van der Waals surface area contributed by atoms with E-state index in [-0.39, 0.29) is 0 Å². The van der Waals surface area contributed by atoms with Crippen LogP contribution in [0, 0.1) is 0 Å². The summed E-state index contributed by atoms with van der Waals surface area (Å²) in [6.45, 7) is 0. The van der Waals surface area contributed by atoms with E-state index in [0.29, 0.717) is 0 Å². The minimum absolute atomic E-state index is 0.520. The second-order valence-corrected chi connectivity index (χ2v) is 19.5. The molecule has 0 bridgehead atoms. The van der Waals surface area contributed by atoms with Crippen LogP contribution in [-0.4, -0.2) is 0 Å². The summed E-state index contributed by atoms with van der Waals surface area (Å²) in [6.07, 6.45) is 0. The zero-order valence-corrected chi connectivity index (χ0v) is 41.1. The first-order valence-electron chi connectivity index (χ1n) is 25.8. The third kappa shape index (κ3) is 7.41. The first-order chi connectivity index (χ1) is 37.2. The van der Waals surface area contributed by atoms with Crippen molar-refractivity contribution < 1.29 is 4.42 Å². The lowest BCUT2D eigenvalue weighted by molar-refractivity contribution is 0.669. The van der Waals surface area contributed by atoms with Gasteiger partial charge in [-0.05, 0) is 138 Å². The third-order valence-corrected chi connectivity index (χ3v) is 15.4. The number of para-hydroxylation sites is 2. The normalized spacial score (nSPS) is 12.4. The van der Waals surface area contributed by atoms with E-state index in [4.69, 9.17) is 4.42 Å². The number of hydrogen-bond acceptors (Lipinski definition) is 2. The van der Waals surface area contributed by atoms with E-state index in [1.165, 1.54) is 66.8 Å². The minimum Gasteiger partial charge on any atom is -0.456 e. The second-order valence-electron chi connectivity index (χ2n) is 19.5. The van der Waals surface area contributed by atoms with Gasteiger partial charge in [-0.3, -0.25) is 0 Å². The Kier molecular flexibility index (Phi) is 10.8. The highest BCUT2D eigenvalue weighted by atomic mass is 16.3. The van der Waals surface area contributed by atoms with E-state index < -0.39 is 5.41 Å². The van der Waals surface area contributed by atoms with Crippen molar-refractivity contribution in [3.63, 3.8) is 0 Å². The van der Waals surface area contributed by atoms with Crippen LogP contribution in [0.5, 0.6) is 0 Å². The van der Waals surface area contributed by atoms with Gasteiger partial charge in [-0.1, -0.05) is 243 Å². The van der Waals surface area contributed by atoms with Crippen molar-refractivity contribution in [2.24, 2.45) is 0 Å². The van der Waals surface area contributed by atoms with Crippen LogP contribution in [0.4, 0.5) is 17.1 Å². The van der Waals surface area contributed by atoms with Gasteiger partial charge in [0.15, 0.2) is 0 Å². The molecule has 0 spiro atoms. The van der Waals surface area contributed by atoms with Crippen LogP contribution in [0.25, 0.3) is 88.7 Å². The van der Waals surface area contributed by atoms with Crippen molar-refractivity contribution >= 4 is 39.0 Å². The number of anilines is 3. The highest BCUT2D eigenvalue weighted by Crippen LogP contribution is 2.59. The molecular weight excluding hydrogens is 907 g/mol. The summed E-state index contributed by atoms with van der Waals surface area (Å²) in [4.78, 5) is 2.43. The third-order valence-electron chi connectivity index (χ3n) is 15.4. The van der Waals surface area contributed by atoms with Crippen LogP contribution in [0.3, 0.4) is 0 Å². The molecule has 13 aromatic rings. The molecule has 0 aliphatic heterocycles. The highest BCUT2D eigenvalue weighted by Gasteiger charge is 2.47. The van der Waals surface area contributed by atoms with Gasteiger partial charge in [0.2, 0.25) is 0 Å². The van der Waals surface area contributed by atoms with Crippen LogP contribution < -0.4 is 4.90 Å². The van der Waals surface area contributed by atoms with Gasteiger partial charge in [-0.2, -0.15) is 0 Å². The number of nitrogens with zero attached hydrogens (tertiary/aromatic N) is 1. The molecule has 1 aliphatic carbocycles. The maximum absolute atomic E-state index is 6.36. The molecule has 2 nitrogen and oxygen atoms in total. The van der Waals surface area contributed by atoms with Crippen LogP contribution in [0.1, 0.15) is 22.3 Å². The van der Waals surface area contributed by atoms with Gasteiger partial charge in [-0.15, -0.1) is 0 Å². The predicted octanol–water partition coefficient (Wildman–Crippen LogP) is 19.8. The minimum atomic E-state index is -0.520. The van der Waals surface area contributed by atoms with E-state index in [2.05, 4.69) is 290 Å². The molecule has 0 saturated carbocycles. The maximum Gasteiger partial charge on any atom is 0.136 e. The first kappa shape index (κ1) is 44.0. The smallest absolute Gasteiger partial charge is 0.136 e. The van der Waals surface area contributed by atoms with Crippen molar-refractivity contribution in [2.45, 2.75) is 5.41 Å². The zero-order valence-electron chi connectivity index (χ0n) is 41.1. The lowest BCUT2D eigenvalue weighted by atomic mass is 9.67. The topological polar surface area (TPSA) is 16.4 Å². The van der Waals surface area contributed by atoms with Crippen LogP contribution in [0.15, 0.2) is 302 Å². The van der Waals surface area contributed by atoms with Gasteiger partial charge in [-0.25, -0.2) is 0 Å². The second kappa shape index (κ2) is 18.4. The van der Waals surface area contributed by atoms with E-state index in [1.54, 1.807) is 0 Å². The molecule has 0 atom stereocenters. The van der Waals surface area contributed by atoms with Crippen molar-refractivity contribution in [3.05, 3.63) is 320 Å². The summed E-state index contributed by atoms with van der Waals surface area (Å²) in [5.41, 5.74) is 23.7. The fraction of sp³-hybridized carbons (Fsp3) is 0.0137. The summed E-state index contributed by atoms with van der Waals surface area (Å²) >= 11 is 0. The molecule has 14 rings (SSSR count). The summed E-state index contributed by atoms with van der Waals surface area (Å²) < 4.78 is 6.36. The lowest BCUT2D eigenvalue weighted by Crippen LogP contribution is -2.28. The quantitative estimate of drug-likeness (QED) is 0.136. The number of furan rings is 1. The SMILES string of the molecule is c1ccc(-c2ccc(-c3ccc(N(c4ccc(-c5ccc6c(c5)oc5ccccc56)cc4)c4ccccc4-c4cccc5c4-c4ccccc4C5(c4ccccc4)c4ccccc4)cc3)c(-c3ccccc3)c2)cc1. The summed E-state index contributed by atoms with van der Waals surface area (Å²) in [5, 5.41) is 2.26. The molecular formula is C73H49NO. The van der Waals surface area contributed by atoms with E-state index in [0.717, 1.165) is 61.3 Å². The molecule has 0 saturated heterocycles. The molecule has 2 heteroatoms. The zero-order chi connectivity index (χ0) is 49.7. The van der Waals surface area contributed by atoms with Gasteiger partial charge in [0, 0.05) is 27.7 Å². The Morgan fingerprint density at radius 3 is 1.45 bits per heavy atom. The van der Waals surface area contributed by atoms with Gasteiger partial charge >= 0.3 is 0 Å². The number of benzene rings is 12. The number of rotatable bonds is 10. The predicted molar refractivity (Wildman–Crippen MR) is 313 cm³/mol. The maximum atomic E-state index is 6.36. The van der Waals surface area contributed by atoms with Crippen molar-refractivity contribution in [1.82, 2.24) is 0 Å². The molecule has 1 aromatic heterocycles. The van der Waals surface area contributed by atoms with Gasteiger partial charge < -0.3 is 9.32 Å². The Balaban J connectivity index is 0.938. The van der Waals surface area contributed by atoms with Gasteiger partial charge in [0.1, 0.15) is 11.2 Å². The molecule has 75 heavy (non-hydrogen) atoms. The van der Waals surface area contributed by atoms with Gasteiger partial charge in [0.05, 0.1) is 11.1 Å². The Morgan fingerprint density at radius 2 is 0.747 bits per heavy atom. The van der Waals surface area contributed by atoms with Crippen LogP contribution in [0.2, 0.25) is 0 Å². The summed E-state index contributed by atoms with van der Waals surface area (Å²) in [5.74, 6) is 0. The van der Waals surface area contributed by atoms with Crippen molar-refractivity contribution in [2.75, 3.05) is 4.90 Å². The van der Waals surface area contributed by atoms with E-state index in [1.807, 2.05) is 12.1 Å². The Labute approximate surface area is 437 Å². The largest absolute Gasteiger partial charge is 0.456 e. The van der Waals surface area contributed by atoms with Crippen LogP contribution in [-0.2, 0) is 5.41 Å².